The summed E-state index contributed by atoms with van der Waals surface area (Å²) >= 11 is 2.07. The van der Waals surface area contributed by atoms with Crippen LogP contribution in [0.5, 0.6) is 0 Å². The maximum absolute atomic E-state index is 3.24. The Hall–Kier alpha value is -0.670. The van der Waals surface area contributed by atoms with Gasteiger partial charge >= 0.3 is 0 Å². The van der Waals surface area contributed by atoms with Crippen LogP contribution in [0.2, 0.25) is 0 Å². The Morgan fingerprint density at radius 1 is 1.44 bits per heavy atom. The summed E-state index contributed by atoms with van der Waals surface area (Å²) in [6.45, 7) is 0.945. The normalized spacial score (nSPS) is 20.0. The molecule has 1 N–H and O–H groups in total. The number of nitrogens with one attached hydrogen (secondary N) is 1. The van der Waals surface area contributed by atoms with Crippen LogP contribution in [0.3, 0.4) is 0 Å². The molecule has 0 saturated carbocycles. The number of thioether (sulfide) groups is 1. The van der Waals surface area contributed by atoms with Crippen molar-refractivity contribution >= 4 is 17.4 Å². The van der Waals surface area contributed by atoms with Gasteiger partial charge in [-0.2, -0.15) is 11.8 Å². The molecule has 2 nitrogen and oxygen atoms in total. The highest BCUT2D eigenvalue weighted by molar-refractivity contribution is 7.99. The highest BCUT2D eigenvalue weighted by atomic mass is 32.2. The Morgan fingerprint density at radius 3 is 2.94 bits per heavy atom. The predicted molar refractivity (Wildman–Crippen MR) is 73.3 cm³/mol. The summed E-state index contributed by atoms with van der Waals surface area (Å²) in [5.41, 5.74) is 2.77. The number of anilines is 1. The van der Waals surface area contributed by atoms with Gasteiger partial charge in [0.05, 0.1) is 0 Å². The van der Waals surface area contributed by atoms with Crippen LogP contribution in [-0.4, -0.2) is 31.6 Å². The lowest BCUT2D eigenvalue weighted by molar-refractivity contribution is 0.692. The van der Waals surface area contributed by atoms with Gasteiger partial charge in [0, 0.05) is 31.1 Å². The molecule has 0 aromatic heterocycles. The van der Waals surface area contributed by atoms with E-state index in [9.17, 15) is 0 Å². The van der Waals surface area contributed by atoms with Gasteiger partial charge in [-0.3, -0.25) is 0 Å². The molecule has 1 heterocycles. The minimum Gasteiger partial charge on any atom is -0.370 e. The van der Waals surface area contributed by atoms with Gasteiger partial charge in [-0.05, 0) is 30.9 Å². The van der Waals surface area contributed by atoms with Gasteiger partial charge in [-0.1, -0.05) is 18.2 Å². The molecule has 16 heavy (non-hydrogen) atoms. The molecule has 1 aromatic carbocycles. The van der Waals surface area contributed by atoms with Gasteiger partial charge in [-0.15, -0.1) is 0 Å². The fourth-order valence-corrected chi connectivity index (χ4v) is 3.49. The molecular formula is C13H20N2S. The third kappa shape index (κ3) is 2.53. The molecule has 1 atom stereocenters. The lowest BCUT2D eigenvalue weighted by Crippen LogP contribution is -2.32. The van der Waals surface area contributed by atoms with Crippen LogP contribution in [0.1, 0.15) is 12.0 Å². The Morgan fingerprint density at radius 2 is 2.25 bits per heavy atom. The first-order chi connectivity index (χ1) is 7.83. The van der Waals surface area contributed by atoms with Gasteiger partial charge in [0.15, 0.2) is 0 Å². The van der Waals surface area contributed by atoms with E-state index in [0.29, 0.717) is 6.04 Å². The van der Waals surface area contributed by atoms with Crippen molar-refractivity contribution in [3.8, 4) is 0 Å². The standard InChI is InChI=1S/C13H20N2S/c1-14-9-11-5-3-4-6-13(11)15(2)12-7-8-16-10-12/h3-6,12,14H,7-10H2,1-2H3. The molecule has 3 heteroatoms. The average Bonchev–Trinajstić information content (AvgIpc) is 2.83. The first kappa shape index (κ1) is 11.8. The molecule has 0 amide bonds. The van der Waals surface area contributed by atoms with Gasteiger partial charge in [-0.25, -0.2) is 0 Å². The summed E-state index contributed by atoms with van der Waals surface area (Å²) in [6.07, 6.45) is 1.31. The van der Waals surface area contributed by atoms with Crippen LogP contribution in [0.15, 0.2) is 24.3 Å². The van der Waals surface area contributed by atoms with E-state index in [1.54, 1.807) is 0 Å². The molecule has 0 radical (unpaired) electrons. The molecule has 0 bridgehead atoms. The third-order valence-electron chi connectivity index (χ3n) is 3.19. The quantitative estimate of drug-likeness (QED) is 0.864. The van der Waals surface area contributed by atoms with Crippen molar-refractivity contribution in [3.63, 3.8) is 0 Å². The molecule has 0 spiro atoms. The van der Waals surface area contributed by atoms with Crippen LogP contribution < -0.4 is 10.2 Å². The van der Waals surface area contributed by atoms with E-state index >= 15 is 0 Å². The summed E-state index contributed by atoms with van der Waals surface area (Å²) in [7, 11) is 4.23. The lowest BCUT2D eigenvalue weighted by atomic mass is 10.1. The van der Waals surface area contributed by atoms with Crippen molar-refractivity contribution in [3.05, 3.63) is 29.8 Å². The summed E-state index contributed by atoms with van der Waals surface area (Å²) in [5, 5.41) is 3.24. The first-order valence-electron chi connectivity index (χ1n) is 5.86. The summed E-state index contributed by atoms with van der Waals surface area (Å²) in [5.74, 6) is 2.58. The topological polar surface area (TPSA) is 15.3 Å². The number of hydrogen-bond acceptors (Lipinski definition) is 3. The summed E-state index contributed by atoms with van der Waals surface area (Å²) < 4.78 is 0. The van der Waals surface area contributed by atoms with Gasteiger partial charge < -0.3 is 10.2 Å². The van der Waals surface area contributed by atoms with E-state index in [2.05, 4.69) is 53.3 Å². The van der Waals surface area contributed by atoms with Crippen molar-refractivity contribution in [1.29, 1.82) is 0 Å². The zero-order valence-corrected chi connectivity index (χ0v) is 10.9. The minimum absolute atomic E-state index is 0.711. The fraction of sp³-hybridized carbons (Fsp3) is 0.538. The van der Waals surface area contributed by atoms with E-state index in [1.165, 1.54) is 29.2 Å². The van der Waals surface area contributed by atoms with Crippen molar-refractivity contribution in [2.45, 2.75) is 19.0 Å². The average molecular weight is 236 g/mol. The predicted octanol–water partition coefficient (Wildman–Crippen LogP) is 2.35. The second-order valence-electron chi connectivity index (χ2n) is 4.29. The lowest BCUT2D eigenvalue weighted by Gasteiger charge is -2.28. The molecule has 1 unspecified atom stereocenters. The molecule has 1 aliphatic heterocycles. The SMILES string of the molecule is CNCc1ccccc1N(C)C1CCSC1. The second-order valence-corrected chi connectivity index (χ2v) is 5.44. The maximum Gasteiger partial charge on any atom is 0.0412 e. The highest BCUT2D eigenvalue weighted by Gasteiger charge is 2.21. The Balaban J connectivity index is 2.17. The zero-order valence-electron chi connectivity index (χ0n) is 10.1. The van der Waals surface area contributed by atoms with Crippen LogP contribution in [0.4, 0.5) is 5.69 Å². The number of rotatable bonds is 4. The highest BCUT2D eigenvalue weighted by Crippen LogP contribution is 2.28. The number of hydrogen-bond donors (Lipinski definition) is 1. The second kappa shape index (κ2) is 5.60. The van der Waals surface area contributed by atoms with E-state index in [-0.39, 0.29) is 0 Å². The molecule has 1 fully saturated rings. The number of nitrogens with zero attached hydrogens (tertiary/aromatic N) is 1. The molecule has 88 valence electrons. The molecule has 1 aliphatic rings. The van der Waals surface area contributed by atoms with Gasteiger partial charge in [0.25, 0.3) is 0 Å². The molecular weight excluding hydrogens is 216 g/mol. The Labute approximate surface area is 102 Å². The first-order valence-corrected chi connectivity index (χ1v) is 7.01. The van der Waals surface area contributed by atoms with E-state index in [0.717, 1.165) is 6.54 Å². The third-order valence-corrected chi connectivity index (χ3v) is 4.34. The van der Waals surface area contributed by atoms with Crippen LogP contribution in [-0.2, 0) is 6.54 Å². The van der Waals surface area contributed by atoms with E-state index in [1.807, 2.05) is 7.05 Å². The smallest absolute Gasteiger partial charge is 0.0412 e. The van der Waals surface area contributed by atoms with Crippen LogP contribution >= 0.6 is 11.8 Å². The molecule has 1 aromatic rings. The maximum atomic E-state index is 3.24. The van der Waals surface area contributed by atoms with E-state index < -0.39 is 0 Å². The summed E-state index contributed by atoms with van der Waals surface area (Å²) in [4.78, 5) is 2.45. The Kier molecular flexibility index (Phi) is 4.13. The minimum atomic E-state index is 0.711. The summed E-state index contributed by atoms with van der Waals surface area (Å²) in [6, 6.07) is 9.41. The van der Waals surface area contributed by atoms with Crippen molar-refractivity contribution < 1.29 is 0 Å². The Bertz CT molecular complexity index is 334. The van der Waals surface area contributed by atoms with Crippen LogP contribution in [0, 0.1) is 0 Å². The van der Waals surface area contributed by atoms with E-state index in [4.69, 9.17) is 0 Å². The van der Waals surface area contributed by atoms with Crippen molar-refractivity contribution in [2.24, 2.45) is 0 Å². The molecule has 2 rings (SSSR count). The van der Waals surface area contributed by atoms with Gasteiger partial charge in [0.1, 0.15) is 0 Å². The van der Waals surface area contributed by atoms with Crippen molar-refractivity contribution in [2.75, 3.05) is 30.5 Å². The zero-order chi connectivity index (χ0) is 11.4. The monoisotopic (exact) mass is 236 g/mol. The largest absolute Gasteiger partial charge is 0.370 e. The number of para-hydroxylation sites is 1. The van der Waals surface area contributed by atoms with Crippen molar-refractivity contribution in [1.82, 2.24) is 5.32 Å². The fourth-order valence-electron chi connectivity index (χ4n) is 2.22. The van der Waals surface area contributed by atoms with Gasteiger partial charge in [0.2, 0.25) is 0 Å². The van der Waals surface area contributed by atoms with Crippen LogP contribution in [0.25, 0.3) is 0 Å². The molecule has 1 saturated heterocycles. The molecule has 0 aliphatic carbocycles. The number of benzene rings is 1.